The van der Waals surface area contributed by atoms with Crippen LogP contribution in [0.2, 0.25) is 5.02 Å². The number of rotatable bonds is 4. The van der Waals surface area contributed by atoms with E-state index in [0.717, 1.165) is 60.5 Å². The molecule has 152 valence electrons. The van der Waals surface area contributed by atoms with Crippen molar-refractivity contribution in [3.8, 4) is 22.5 Å². The van der Waals surface area contributed by atoms with E-state index in [1.807, 2.05) is 35.2 Å². The maximum absolute atomic E-state index is 11.0. The molecule has 4 rings (SSSR count). The molecule has 0 saturated carbocycles. The number of carbonyl (C=O) groups excluding carboxylic acids is 1. The van der Waals surface area contributed by atoms with E-state index in [0.29, 0.717) is 10.9 Å². The highest BCUT2D eigenvalue weighted by Gasteiger charge is 2.27. The van der Waals surface area contributed by atoms with Gasteiger partial charge in [0.2, 0.25) is 6.41 Å². The van der Waals surface area contributed by atoms with Crippen LogP contribution < -0.4 is 0 Å². The minimum Gasteiger partial charge on any atom is -0.397 e. The highest BCUT2D eigenvalue weighted by atomic mass is 35.5. The molecule has 2 aromatic heterocycles. The average molecular weight is 414 g/mol. The Morgan fingerprint density at radius 1 is 1.24 bits per heavy atom. The maximum Gasteiger partial charge on any atom is 0.209 e. The Morgan fingerprint density at radius 2 is 1.93 bits per heavy atom. The van der Waals surface area contributed by atoms with E-state index in [9.17, 15) is 4.79 Å². The first-order chi connectivity index (χ1) is 14.2. The Labute approximate surface area is 174 Å². The quantitative estimate of drug-likeness (QED) is 0.638. The second kappa shape index (κ2) is 10.1. The Hall–Kier alpha value is -2.77. The topological polar surface area (TPSA) is 95.0 Å². The average Bonchev–Trinajstić information content (AvgIpc) is 3.20. The van der Waals surface area contributed by atoms with Crippen LogP contribution in [0.3, 0.4) is 0 Å². The van der Waals surface area contributed by atoms with Gasteiger partial charge in [0.15, 0.2) is 0 Å². The summed E-state index contributed by atoms with van der Waals surface area (Å²) >= 11 is 6.03. The number of amides is 1. The monoisotopic (exact) mass is 413 g/mol. The van der Waals surface area contributed by atoms with Crippen LogP contribution in [0.25, 0.3) is 22.5 Å². The molecule has 3 aromatic rings. The van der Waals surface area contributed by atoms with Crippen molar-refractivity contribution in [1.82, 2.24) is 25.1 Å². The van der Waals surface area contributed by atoms with Gasteiger partial charge in [0.05, 0.1) is 5.69 Å². The van der Waals surface area contributed by atoms with Crippen LogP contribution in [0.5, 0.6) is 0 Å². The molecule has 0 aliphatic carbocycles. The number of halogens is 1. The van der Waals surface area contributed by atoms with Crippen molar-refractivity contribution < 1.29 is 9.90 Å². The number of piperidine rings is 1. The van der Waals surface area contributed by atoms with Gasteiger partial charge in [-0.15, -0.1) is 0 Å². The number of hydrogen-bond donors (Lipinski definition) is 2. The van der Waals surface area contributed by atoms with Gasteiger partial charge >= 0.3 is 0 Å². The number of aliphatic hydroxyl groups is 1. The smallest absolute Gasteiger partial charge is 0.209 e. The summed E-state index contributed by atoms with van der Waals surface area (Å²) < 4.78 is 0. The van der Waals surface area contributed by atoms with Crippen LogP contribution in [0.4, 0.5) is 0 Å². The second-order valence-electron chi connectivity index (χ2n) is 6.69. The summed E-state index contributed by atoms with van der Waals surface area (Å²) in [4.78, 5) is 21.3. The number of carbonyl (C=O) groups is 1. The molecule has 8 heteroatoms. The van der Waals surface area contributed by atoms with Crippen LogP contribution in [0, 0.1) is 0 Å². The first-order valence-corrected chi connectivity index (χ1v) is 9.96. The zero-order chi connectivity index (χ0) is 20.6. The van der Waals surface area contributed by atoms with E-state index in [1.54, 1.807) is 19.4 Å². The van der Waals surface area contributed by atoms with Gasteiger partial charge < -0.3 is 10.0 Å². The van der Waals surface area contributed by atoms with E-state index >= 15 is 0 Å². The van der Waals surface area contributed by atoms with E-state index in [1.165, 1.54) is 0 Å². The fraction of sp³-hybridized carbons (Fsp3) is 0.333. The SMILES string of the molecule is CCO.O=CN1CCC(c2[nH]nc(-c3ccc(Cl)cc3)c2-c2ccncn2)CC1. The molecule has 0 atom stereocenters. The lowest BCUT2D eigenvalue weighted by Crippen LogP contribution is -2.31. The third kappa shape index (κ3) is 4.99. The highest BCUT2D eigenvalue weighted by molar-refractivity contribution is 6.30. The molecule has 1 aliphatic rings. The summed E-state index contributed by atoms with van der Waals surface area (Å²) in [5, 5.41) is 16.1. The highest BCUT2D eigenvalue weighted by Crippen LogP contribution is 2.38. The summed E-state index contributed by atoms with van der Waals surface area (Å²) in [6.45, 7) is 3.44. The van der Waals surface area contributed by atoms with Gasteiger partial charge in [0.1, 0.15) is 12.0 Å². The van der Waals surface area contributed by atoms with Gasteiger partial charge in [-0.05, 0) is 38.0 Å². The summed E-state index contributed by atoms with van der Waals surface area (Å²) in [5.74, 6) is 0.310. The molecule has 1 aliphatic heterocycles. The first kappa shape index (κ1) is 21.0. The van der Waals surface area contributed by atoms with Gasteiger partial charge in [-0.2, -0.15) is 5.10 Å². The molecule has 2 N–H and O–H groups in total. The van der Waals surface area contributed by atoms with Crippen molar-refractivity contribution in [2.24, 2.45) is 0 Å². The van der Waals surface area contributed by atoms with Gasteiger partial charge in [-0.3, -0.25) is 9.89 Å². The summed E-state index contributed by atoms with van der Waals surface area (Å²) in [5.41, 5.74) is 4.74. The fourth-order valence-corrected chi connectivity index (χ4v) is 3.58. The second-order valence-corrected chi connectivity index (χ2v) is 7.13. The number of aromatic amines is 1. The zero-order valence-corrected chi connectivity index (χ0v) is 17.0. The van der Waals surface area contributed by atoms with Gasteiger partial charge in [0.25, 0.3) is 0 Å². The summed E-state index contributed by atoms with van der Waals surface area (Å²) in [6.07, 6.45) is 6.01. The Morgan fingerprint density at radius 3 is 2.52 bits per heavy atom. The van der Waals surface area contributed by atoms with Crippen LogP contribution in [-0.2, 0) is 4.79 Å². The molecule has 1 fully saturated rings. The van der Waals surface area contributed by atoms with E-state index in [-0.39, 0.29) is 6.61 Å². The zero-order valence-electron chi connectivity index (χ0n) is 16.3. The number of aliphatic hydroxyl groups excluding tert-OH is 1. The van der Waals surface area contributed by atoms with Gasteiger partial charge in [-0.25, -0.2) is 9.97 Å². The van der Waals surface area contributed by atoms with Crippen molar-refractivity contribution in [1.29, 1.82) is 0 Å². The summed E-state index contributed by atoms with van der Waals surface area (Å²) in [6, 6.07) is 9.54. The van der Waals surface area contributed by atoms with Crippen LogP contribution in [-0.4, -0.2) is 56.3 Å². The van der Waals surface area contributed by atoms with E-state index in [4.69, 9.17) is 16.7 Å². The lowest BCUT2D eigenvalue weighted by Gasteiger charge is -2.29. The van der Waals surface area contributed by atoms with Crippen molar-refractivity contribution >= 4 is 18.0 Å². The largest absolute Gasteiger partial charge is 0.397 e. The lowest BCUT2D eigenvalue weighted by molar-refractivity contribution is -0.119. The first-order valence-electron chi connectivity index (χ1n) is 9.58. The Balaban J connectivity index is 0.000000755. The van der Waals surface area contributed by atoms with Crippen molar-refractivity contribution in [3.63, 3.8) is 0 Å². The molecule has 1 saturated heterocycles. The number of benzene rings is 1. The third-order valence-electron chi connectivity index (χ3n) is 4.84. The number of nitrogens with zero attached hydrogens (tertiary/aromatic N) is 4. The van der Waals surface area contributed by atoms with Gasteiger partial charge in [0, 0.05) is 53.7 Å². The molecular formula is C21H24ClN5O2. The Kier molecular flexibility index (Phi) is 7.32. The molecule has 0 spiro atoms. The van der Waals surface area contributed by atoms with Crippen LogP contribution in [0.15, 0.2) is 42.9 Å². The molecular weight excluding hydrogens is 390 g/mol. The predicted octanol–water partition coefficient (Wildman–Crippen LogP) is 3.52. The fourth-order valence-electron chi connectivity index (χ4n) is 3.46. The normalized spacial score (nSPS) is 14.2. The molecule has 3 heterocycles. The molecule has 0 bridgehead atoms. The maximum atomic E-state index is 11.0. The van der Waals surface area contributed by atoms with Crippen LogP contribution in [0.1, 0.15) is 31.4 Å². The molecule has 0 radical (unpaired) electrons. The predicted molar refractivity (Wildman–Crippen MR) is 112 cm³/mol. The minimum absolute atomic E-state index is 0.250. The van der Waals surface area contributed by atoms with E-state index < -0.39 is 0 Å². The van der Waals surface area contributed by atoms with E-state index in [2.05, 4.69) is 20.2 Å². The van der Waals surface area contributed by atoms with Gasteiger partial charge in [-0.1, -0.05) is 23.7 Å². The summed E-state index contributed by atoms with van der Waals surface area (Å²) in [7, 11) is 0. The molecule has 0 unspecified atom stereocenters. The number of nitrogens with one attached hydrogen (secondary N) is 1. The van der Waals surface area contributed by atoms with Crippen LogP contribution >= 0.6 is 11.6 Å². The molecule has 7 nitrogen and oxygen atoms in total. The van der Waals surface area contributed by atoms with Crippen molar-refractivity contribution in [2.45, 2.75) is 25.7 Å². The Bertz CT molecular complexity index is 907. The van der Waals surface area contributed by atoms with Crippen molar-refractivity contribution in [3.05, 3.63) is 53.6 Å². The standard InChI is InChI=1S/C19H18ClN5O.C2H6O/c20-15-3-1-13(2-4-15)18-17(16-5-8-21-11-22-16)19(24-23-18)14-6-9-25(12-26)10-7-14;1-2-3/h1-5,8,11-12,14H,6-7,9-10H2,(H,23,24);3H,2H2,1H3. The lowest BCUT2D eigenvalue weighted by atomic mass is 9.89. The number of likely N-dealkylation sites (tertiary alicyclic amines) is 1. The van der Waals surface area contributed by atoms with Crippen molar-refractivity contribution in [2.75, 3.05) is 19.7 Å². The third-order valence-corrected chi connectivity index (χ3v) is 5.09. The molecule has 29 heavy (non-hydrogen) atoms. The number of aromatic nitrogens is 4. The minimum atomic E-state index is 0.250. The molecule has 1 aromatic carbocycles. The number of hydrogen-bond acceptors (Lipinski definition) is 5. The number of H-pyrrole nitrogens is 1. The molecule has 1 amide bonds.